The Balaban J connectivity index is 1.82. The van der Waals surface area contributed by atoms with Gasteiger partial charge in [0.2, 0.25) is 0 Å². The van der Waals surface area contributed by atoms with Crippen molar-refractivity contribution in [3.8, 4) is 0 Å². The highest BCUT2D eigenvalue weighted by molar-refractivity contribution is 5.83. The first-order valence-corrected chi connectivity index (χ1v) is 7.71. The SMILES string of the molecule is CC(c1ccc2ccccc2c1)N1CCCC(CN)C1. The lowest BCUT2D eigenvalue weighted by atomic mass is 9.94. The third-order valence-electron chi connectivity index (χ3n) is 4.69. The van der Waals surface area contributed by atoms with E-state index in [1.807, 2.05) is 0 Å². The number of likely N-dealkylation sites (tertiary alicyclic amines) is 1. The fourth-order valence-corrected chi connectivity index (χ4v) is 3.32. The molecule has 1 aliphatic rings. The van der Waals surface area contributed by atoms with Crippen molar-refractivity contribution in [3.63, 3.8) is 0 Å². The van der Waals surface area contributed by atoms with Gasteiger partial charge in [-0.05, 0) is 61.2 Å². The molecule has 2 N–H and O–H groups in total. The van der Waals surface area contributed by atoms with Gasteiger partial charge in [0.05, 0.1) is 0 Å². The van der Waals surface area contributed by atoms with Crippen LogP contribution in [0.1, 0.15) is 31.4 Å². The quantitative estimate of drug-likeness (QED) is 0.922. The molecule has 106 valence electrons. The predicted molar refractivity (Wildman–Crippen MR) is 85.7 cm³/mol. The van der Waals surface area contributed by atoms with Crippen LogP contribution in [-0.2, 0) is 0 Å². The van der Waals surface area contributed by atoms with Crippen LogP contribution in [0.2, 0.25) is 0 Å². The van der Waals surface area contributed by atoms with Gasteiger partial charge < -0.3 is 5.73 Å². The van der Waals surface area contributed by atoms with E-state index in [0.29, 0.717) is 12.0 Å². The lowest BCUT2D eigenvalue weighted by Gasteiger charge is -2.36. The molecule has 3 rings (SSSR count). The van der Waals surface area contributed by atoms with Crippen molar-refractivity contribution in [2.75, 3.05) is 19.6 Å². The van der Waals surface area contributed by atoms with Crippen LogP contribution in [0.15, 0.2) is 42.5 Å². The van der Waals surface area contributed by atoms with Crippen molar-refractivity contribution in [3.05, 3.63) is 48.0 Å². The highest BCUT2D eigenvalue weighted by Crippen LogP contribution is 2.28. The summed E-state index contributed by atoms with van der Waals surface area (Å²) in [7, 11) is 0. The number of fused-ring (bicyclic) bond motifs is 1. The normalized spacial score (nSPS) is 22.0. The smallest absolute Gasteiger partial charge is 0.0320 e. The number of nitrogens with zero attached hydrogens (tertiary/aromatic N) is 1. The highest BCUT2D eigenvalue weighted by atomic mass is 15.2. The van der Waals surface area contributed by atoms with E-state index in [-0.39, 0.29) is 0 Å². The van der Waals surface area contributed by atoms with Crippen LogP contribution in [-0.4, -0.2) is 24.5 Å². The zero-order chi connectivity index (χ0) is 13.9. The van der Waals surface area contributed by atoms with Crippen molar-refractivity contribution in [2.24, 2.45) is 11.7 Å². The van der Waals surface area contributed by atoms with Crippen molar-refractivity contribution >= 4 is 10.8 Å². The molecule has 2 nitrogen and oxygen atoms in total. The third-order valence-corrected chi connectivity index (χ3v) is 4.69. The van der Waals surface area contributed by atoms with Gasteiger partial charge in [-0.25, -0.2) is 0 Å². The molecule has 0 spiro atoms. The Kier molecular flexibility index (Phi) is 4.04. The van der Waals surface area contributed by atoms with E-state index in [4.69, 9.17) is 5.73 Å². The lowest BCUT2D eigenvalue weighted by molar-refractivity contribution is 0.134. The number of hydrogen-bond acceptors (Lipinski definition) is 2. The molecule has 0 radical (unpaired) electrons. The Morgan fingerprint density at radius 2 is 2.00 bits per heavy atom. The van der Waals surface area contributed by atoms with E-state index < -0.39 is 0 Å². The highest BCUT2D eigenvalue weighted by Gasteiger charge is 2.23. The van der Waals surface area contributed by atoms with Gasteiger partial charge in [0.1, 0.15) is 0 Å². The molecule has 1 aliphatic heterocycles. The summed E-state index contributed by atoms with van der Waals surface area (Å²) in [6, 6.07) is 15.9. The maximum Gasteiger partial charge on any atom is 0.0320 e. The monoisotopic (exact) mass is 268 g/mol. The minimum absolute atomic E-state index is 0.481. The van der Waals surface area contributed by atoms with Gasteiger partial charge in [-0.2, -0.15) is 0 Å². The van der Waals surface area contributed by atoms with E-state index in [0.717, 1.165) is 13.1 Å². The second kappa shape index (κ2) is 5.94. The van der Waals surface area contributed by atoms with Crippen LogP contribution < -0.4 is 5.73 Å². The molecule has 2 atom stereocenters. The third kappa shape index (κ3) is 2.72. The van der Waals surface area contributed by atoms with Crippen LogP contribution in [0.5, 0.6) is 0 Å². The summed E-state index contributed by atoms with van der Waals surface area (Å²) in [6.45, 7) is 5.49. The Labute approximate surface area is 121 Å². The van der Waals surface area contributed by atoms with Crippen LogP contribution in [0, 0.1) is 5.92 Å². The van der Waals surface area contributed by atoms with Gasteiger partial charge in [-0.3, -0.25) is 4.90 Å². The van der Waals surface area contributed by atoms with Gasteiger partial charge in [0.25, 0.3) is 0 Å². The fraction of sp³-hybridized carbons (Fsp3) is 0.444. The maximum atomic E-state index is 5.85. The maximum absolute atomic E-state index is 5.85. The lowest BCUT2D eigenvalue weighted by Crippen LogP contribution is -2.39. The van der Waals surface area contributed by atoms with E-state index in [1.54, 1.807) is 0 Å². The summed E-state index contributed by atoms with van der Waals surface area (Å²) >= 11 is 0. The van der Waals surface area contributed by atoms with Gasteiger partial charge in [-0.15, -0.1) is 0 Å². The molecule has 0 aliphatic carbocycles. The van der Waals surface area contributed by atoms with Crippen molar-refractivity contribution in [1.29, 1.82) is 0 Å². The molecule has 2 heteroatoms. The molecule has 1 heterocycles. The molecule has 1 fully saturated rings. The second-order valence-corrected chi connectivity index (χ2v) is 6.02. The Morgan fingerprint density at radius 3 is 2.80 bits per heavy atom. The Bertz CT molecular complexity index is 578. The summed E-state index contributed by atoms with van der Waals surface area (Å²) in [6.07, 6.45) is 2.57. The van der Waals surface area contributed by atoms with Gasteiger partial charge in [-0.1, -0.05) is 36.4 Å². The minimum Gasteiger partial charge on any atom is -0.330 e. The number of piperidine rings is 1. The standard InChI is InChI=1S/C18H24N2/c1-14(20-10-4-5-15(12-19)13-20)17-9-8-16-6-2-3-7-18(16)11-17/h2-3,6-9,11,14-15H,4-5,10,12-13,19H2,1H3. The first-order chi connectivity index (χ1) is 9.78. The van der Waals surface area contributed by atoms with Gasteiger partial charge in [0.15, 0.2) is 0 Å². The summed E-state index contributed by atoms with van der Waals surface area (Å²) in [5.74, 6) is 0.673. The molecule has 0 saturated carbocycles. The van der Waals surface area contributed by atoms with Crippen LogP contribution in [0.4, 0.5) is 0 Å². The summed E-state index contributed by atoms with van der Waals surface area (Å²) in [4.78, 5) is 2.59. The molecule has 0 bridgehead atoms. The Hall–Kier alpha value is -1.38. The number of nitrogens with two attached hydrogens (primary N) is 1. The van der Waals surface area contributed by atoms with E-state index in [9.17, 15) is 0 Å². The summed E-state index contributed by atoms with van der Waals surface area (Å²) < 4.78 is 0. The Morgan fingerprint density at radius 1 is 1.20 bits per heavy atom. The topological polar surface area (TPSA) is 29.3 Å². The number of rotatable bonds is 3. The van der Waals surface area contributed by atoms with Crippen LogP contribution in [0.3, 0.4) is 0 Å². The van der Waals surface area contributed by atoms with Crippen molar-refractivity contribution in [1.82, 2.24) is 4.90 Å². The summed E-state index contributed by atoms with van der Waals surface area (Å²) in [5.41, 5.74) is 7.27. The average Bonchev–Trinajstić information content (AvgIpc) is 2.53. The van der Waals surface area contributed by atoms with Crippen LogP contribution >= 0.6 is 0 Å². The van der Waals surface area contributed by atoms with E-state index in [1.165, 1.54) is 35.7 Å². The number of benzene rings is 2. The predicted octanol–water partition coefficient (Wildman–Crippen LogP) is 3.57. The van der Waals surface area contributed by atoms with E-state index >= 15 is 0 Å². The van der Waals surface area contributed by atoms with Crippen molar-refractivity contribution in [2.45, 2.75) is 25.8 Å². The second-order valence-electron chi connectivity index (χ2n) is 6.02. The first-order valence-electron chi connectivity index (χ1n) is 7.71. The van der Waals surface area contributed by atoms with Crippen LogP contribution in [0.25, 0.3) is 10.8 Å². The molecule has 2 aromatic rings. The first kappa shape index (κ1) is 13.6. The molecule has 2 aromatic carbocycles. The largest absolute Gasteiger partial charge is 0.330 e. The fourth-order valence-electron chi connectivity index (χ4n) is 3.32. The number of hydrogen-bond donors (Lipinski definition) is 1. The van der Waals surface area contributed by atoms with Gasteiger partial charge >= 0.3 is 0 Å². The van der Waals surface area contributed by atoms with E-state index in [2.05, 4.69) is 54.3 Å². The zero-order valence-corrected chi connectivity index (χ0v) is 12.3. The summed E-state index contributed by atoms with van der Waals surface area (Å²) in [5, 5.41) is 2.66. The molecule has 0 amide bonds. The zero-order valence-electron chi connectivity index (χ0n) is 12.3. The molecule has 0 aromatic heterocycles. The minimum atomic E-state index is 0.481. The molecular weight excluding hydrogens is 244 g/mol. The van der Waals surface area contributed by atoms with Crippen molar-refractivity contribution < 1.29 is 0 Å². The molecule has 1 saturated heterocycles. The average molecular weight is 268 g/mol. The molecular formula is C18H24N2. The van der Waals surface area contributed by atoms with Gasteiger partial charge in [0, 0.05) is 12.6 Å². The molecule has 20 heavy (non-hydrogen) atoms. The molecule has 2 unspecified atom stereocenters.